The Kier molecular flexibility index (Phi) is 7.47. The molecule has 2 aliphatic heterocycles. The molecule has 9 nitrogen and oxygen atoms in total. The van der Waals surface area contributed by atoms with Crippen LogP contribution < -0.4 is 24.7 Å². The van der Waals surface area contributed by atoms with Crippen molar-refractivity contribution in [3.63, 3.8) is 0 Å². The molecular formula is C30H35N7O2. The lowest BCUT2D eigenvalue weighted by molar-refractivity contribution is 0.300. The fourth-order valence-corrected chi connectivity index (χ4v) is 5.31. The van der Waals surface area contributed by atoms with Gasteiger partial charge >= 0.3 is 0 Å². The van der Waals surface area contributed by atoms with Gasteiger partial charge in [0.2, 0.25) is 5.95 Å². The molecule has 0 amide bonds. The molecule has 4 heterocycles. The molecule has 2 fully saturated rings. The van der Waals surface area contributed by atoms with Gasteiger partial charge in [0.05, 0.1) is 19.9 Å². The van der Waals surface area contributed by atoms with Crippen LogP contribution in [0.1, 0.15) is 31.2 Å². The van der Waals surface area contributed by atoms with Crippen LogP contribution in [0.2, 0.25) is 0 Å². The lowest BCUT2D eigenvalue weighted by Crippen LogP contribution is -2.24. The molecule has 6 rings (SSSR count). The Morgan fingerprint density at radius 1 is 0.897 bits per heavy atom. The summed E-state index contributed by atoms with van der Waals surface area (Å²) in [6, 6.07) is 18.0. The van der Waals surface area contributed by atoms with Crippen molar-refractivity contribution < 1.29 is 9.47 Å². The lowest BCUT2D eigenvalue weighted by atomic mass is 10.2. The average Bonchev–Trinajstić information content (AvgIpc) is 3.76. The van der Waals surface area contributed by atoms with Crippen molar-refractivity contribution in [3.8, 4) is 11.5 Å². The summed E-state index contributed by atoms with van der Waals surface area (Å²) in [6.45, 7) is 5.38. The second kappa shape index (κ2) is 11.6. The fraction of sp³-hybridized carbons (Fsp3) is 0.367. The predicted molar refractivity (Wildman–Crippen MR) is 157 cm³/mol. The molecular weight excluding hydrogens is 490 g/mol. The number of benzene rings is 2. The smallest absolute Gasteiger partial charge is 0.229 e. The maximum Gasteiger partial charge on any atom is 0.229 e. The Morgan fingerprint density at radius 3 is 2.38 bits per heavy atom. The Labute approximate surface area is 229 Å². The topological polar surface area (TPSA) is 80.0 Å². The Hall–Kier alpha value is -4.27. The first-order chi connectivity index (χ1) is 19.3. The number of methoxy groups -OCH3 is 1. The first kappa shape index (κ1) is 25.0. The number of hydrogen-bond donors (Lipinski definition) is 1. The maximum absolute atomic E-state index is 5.97. The molecule has 0 saturated carbocycles. The summed E-state index contributed by atoms with van der Waals surface area (Å²) in [7, 11) is 1.66. The predicted octanol–water partition coefficient (Wildman–Crippen LogP) is 5.17. The minimum Gasteiger partial charge on any atom is -0.497 e. The Bertz CT molecular complexity index is 1390. The van der Waals surface area contributed by atoms with Gasteiger partial charge in [0.15, 0.2) is 5.82 Å². The molecule has 0 bridgehead atoms. The van der Waals surface area contributed by atoms with Crippen LogP contribution in [-0.2, 0) is 6.54 Å². The number of rotatable bonds is 10. The maximum atomic E-state index is 5.97. The van der Waals surface area contributed by atoms with Crippen molar-refractivity contribution in [2.75, 3.05) is 55.1 Å². The molecule has 2 aromatic heterocycles. The third-order valence-electron chi connectivity index (χ3n) is 7.38. The summed E-state index contributed by atoms with van der Waals surface area (Å²) < 4.78 is 13.4. The first-order valence-corrected chi connectivity index (χ1v) is 13.8. The van der Waals surface area contributed by atoms with Gasteiger partial charge in [-0.05, 0) is 56.0 Å². The number of fused-ring (bicyclic) bond motifs is 1. The van der Waals surface area contributed by atoms with E-state index in [9.17, 15) is 0 Å². The third kappa shape index (κ3) is 5.77. The van der Waals surface area contributed by atoms with Crippen LogP contribution in [0.5, 0.6) is 11.5 Å². The molecule has 2 saturated heterocycles. The second-order valence-corrected chi connectivity index (χ2v) is 9.99. The van der Waals surface area contributed by atoms with E-state index >= 15 is 0 Å². The number of nitrogens with zero attached hydrogens (tertiary/aromatic N) is 6. The molecule has 39 heavy (non-hydrogen) atoms. The summed E-state index contributed by atoms with van der Waals surface area (Å²) in [5.74, 6) is 4.14. The van der Waals surface area contributed by atoms with Crippen LogP contribution >= 0.6 is 0 Å². The number of aromatic nitrogens is 3. The Morgan fingerprint density at radius 2 is 1.62 bits per heavy atom. The molecule has 0 aliphatic carbocycles. The SMILES string of the molecule is COc1ccc(OCCn2cc(/C=N\Nc3cc(N4CCCC4)nc(N4CCCC4)n3)c3ccccc32)cc1. The quantitative estimate of drug-likeness (QED) is 0.226. The molecule has 0 spiro atoms. The number of para-hydroxylation sites is 1. The molecule has 1 N–H and O–H groups in total. The zero-order valence-corrected chi connectivity index (χ0v) is 22.4. The van der Waals surface area contributed by atoms with E-state index in [0.29, 0.717) is 6.61 Å². The molecule has 2 aromatic carbocycles. The van der Waals surface area contributed by atoms with E-state index in [1.54, 1.807) is 7.11 Å². The van der Waals surface area contributed by atoms with Crippen molar-refractivity contribution in [1.82, 2.24) is 14.5 Å². The largest absolute Gasteiger partial charge is 0.497 e. The van der Waals surface area contributed by atoms with Crippen LogP contribution in [0.4, 0.5) is 17.6 Å². The highest BCUT2D eigenvalue weighted by Gasteiger charge is 2.20. The summed E-state index contributed by atoms with van der Waals surface area (Å²) in [6.07, 6.45) is 8.79. The van der Waals surface area contributed by atoms with E-state index in [4.69, 9.17) is 19.4 Å². The average molecular weight is 526 g/mol. The monoisotopic (exact) mass is 525 g/mol. The highest BCUT2D eigenvalue weighted by molar-refractivity contribution is 5.99. The van der Waals surface area contributed by atoms with E-state index in [1.807, 2.05) is 36.5 Å². The standard InChI is InChI=1S/C30H35N7O2/c1-38-24-10-12-25(13-11-24)39-19-18-37-22-23(26-8-2-3-9-27(26)37)21-31-34-28-20-29(35-14-4-5-15-35)33-30(32-28)36-16-6-7-17-36/h2-3,8-13,20-22H,4-7,14-19H2,1H3,(H,32,33,34)/b31-21-. The van der Waals surface area contributed by atoms with Gasteiger partial charge in [0.25, 0.3) is 0 Å². The van der Waals surface area contributed by atoms with E-state index in [2.05, 4.69) is 55.4 Å². The van der Waals surface area contributed by atoms with Crippen molar-refractivity contribution >= 4 is 34.7 Å². The molecule has 0 radical (unpaired) electrons. The van der Waals surface area contributed by atoms with Crippen molar-refractivity contribution in [2.45, 2.75) is 32.2 Å². The summed E-state index contributed by atoms with van der Waals surface area (Å²) in [4.78, 5) is 14.3. The van der Waals surface area contributed by atoms with Crippen LogP contribution in [-0.4, -0.2) is 60.6 Å². The number of nitrogens with one attached hydrogen (secondary N) is 1. The molecule has 0 atom stereocenters. The van der Waals surface area contributed by atoms with E-state index < -0.39 is 0 Å². The van der Waals surface area contributed by atoms with Crippen LogP contribution in [0.25, 0.3) is 10.9 Å². The number of anilines is 3. The molecule has 4 aromatic rings. The zero-order valence-electron chi connectivity index (χ0n) is 22.4. The van der Waals surface area contributed by atoms with Crippen LogP contribution in [0.3, 0.4) is 0 Å². The van der Waals surface area contributed by atoms with Crippen molar-refractivity contribution in [3.05, 3.63) is 66.4 Å². The van der Waals surface area contributed by atoms with Gasteiger partial charge in [-0.2, -0.15) is 15.1 Å². The van der Waals surface area contributed by atoms with Gasteiger partial charge < -0.3 is 23.8 Å². The molecule has 202 valence electrons. The van der Waals surface area contributed by atoms with Crippen LogP contribution in [0.15, 0.2) is 65.9 Å². The number of hydrazone groups is 1. The summed E-state index contributed by atoms with van der Waals surface area (Å²) >= 11 is 0. The minimum atomic E-state index is 0.555. The lowest BCUT2D eigenvalue weighted by Gasteiger charge is -2.21. The van der Waals surface area contributed by atoms with E-state index in [-0.39, 0.29) is 0 Å². The number of hydrogen-bond acceptors (Lipinski definition) is 8. The van der Waals surface area contributed by atoms with E-state index in [0.717, 1.165) is 78.3 Å². The molecule has 9 heteroatoms. The first-order valence-electron chi connectivity index (χ1n) is 13.8. The normalized spacial score (nSPS) is 15.5. The summed E-state index contributed by atoms with van der Waals surface area (Å²) in [5.41, 5.74) is 5.37. The van der Waals surface area contributed by atoms with Crippen LogP contribution in [0, 0.1) is 0 Å². The van der Waals surface area contributed by atoms with E-state index in [1.165, 1.54) is 25.7 Å². The molecule has 0 unspecified atom stereocenters. The highest BCUT2D eigenvalue weighted by atomic mass is 16.5. The third-order valence-corrected chi connectivity index (χ3v) is 7.38. The minimum absolute atomic E-state index is 0.555. The highest BCUT2D eigenvalue weighted by Crippen LogP contribution is 2.26. The van der Waals surface area contributed by atoms with Gasteiger partial charge in [-0.1, -0.05) is 18.2 Å². The van der Waals surface area contributed by atoms with Gasteiger partial charge in [0, 0.05) is 54.9 Å². The Balaban J connectivity index is 1.17. The van der Waals surface area contributed by atoms with Gasteiger partial charge in [-0.15, -0.1) is 0 Å². The van der Waals surface area contributed by atoms with Gasteiger partial charge in [0.1, 0.15) is 23.9 Å². The number of ether oxygens (including phenoxy) is 2. The summed E-state index contributed by atoms with van der Waals surface area (Å²) in [5, 5.41) is 5.74. The second-order valence-electron chi connectivity index (χ2n) is 9.99. The van der Waals surface area contributed by atoms with Crippen molar-refractivity contribution in [2.24, 2.45) is 5.10 Å². The zero-order chi connectivity index (χ0) is 26.4. The molecule has 2 aliphatic rings. The van der Waals surface area contributed by atoms with Crippen molar-refractivity contribution in [1.29, 1.82) is 0 Å². The fourth-order valence-electron chi connectivity index (χ4n) is 5.31. The van der Waals surface area contributed by atoms with Gasteiger partial charge in [-0.25, -0.2) is 0 Å². The van der Waals surface area contributed by atoms with Gasteiger partial charge in [-0.3, -0.25) is 5.43 Å².